The van der Waals surface area contributed by atoms with Gasteiger partial charge in [-0.3, -0.25) is 0 Å². The van der Waals surface area contributed by atoms with E-state index in [1.165, 1.54) is 60.6 Å². The maximum absolute atomic E-state index is 3.80. The van der Waals surface area contributed by atoms with E-state index in [2.05, 4.69) is 41.9 Å². The van der Waals surface area contributed by atoms with Crippen molar-refractivity contribution >= 4 is 21.4 Å². The molecule has 114 valence electrons. The molecular formula is C19H27NS. The van der Waals surface area contributed by atoms with E-state index in [0.717, 1.165) is 12.5 Å². The molecule has 3 rings (SSSR count). The molecule has 1 aliphatic rings. The molecule has 0 spiro atoms. The highest BCUT2D eigenvalue weighted by Crippen LogP contribution is 2.34. The summed E-state index contributed by atoms with van der Waals surface area (Å²) in [6, 6.07) is 9.58. The predicted octanol–water partition coefficient (Wildman–Crippen LogP) is 5.91. The Hall–Kier alpha value is -0.860. The zero-order valence-corrected chi connectivity index (χ0v) is 13.9. The summed E-state index contributed by atoms with van der Waals surface area (Å²) >= 11 is 1.89. The maximum Gasteiger partial charge on any atom is 0.0390 e. The van der Waals surface area contributed by atoms with Crippen molar-refractivity contribution in [2.24, 2.45) is 5.92 Å². The van der Waals surface area contributed by atoms with Crippen molar-refractivity contribution in [2.45, 2.75) is 57.9 Å². The number of rotatable bonds is 7. The smallest absolute Gasteiger partial charge is 0.0390 e. The summed E-state index contributed by atoms with van der Waals surface area (Å²) in [5.41, 5.74) is 1.52. The third kappa shape index (κ3) is 3.67. The number of hydrogen-bond acceptors (Lipinski definition) is 2. The molecule has 0 aliphatic heterocycles. The van der Waals surface area contributed by atoms with Crippen LogP contribution in [-0.2, 0) is 0 Å². The number of nitrogens with one attached hydrogen (secondary N) is 1. The first-order valence-corrected chi connectivity index (χ1v) is 9.46. The van der Waals surface area contributed by atoms with Gasteiger partial charge < -0.3 is 5.32 Å². The highest BCUT2D eigenvalue weighted by Gasteiger charge is 2.19. The second-order valence-electron chi connectivity index (χ2n) is 6.42. The van der Waals surface area contributed by atoms with Crippen LogP contribution in [0.4, 0.5) is 0 Å². The first-order valence-electron chi connectivity index (χ1n) is 8.58. The Morgan fingerprint density at radius 3 is 2.90 bits per heavy atom. The molecule has 1 aliphatic carbocycles. The summed E-state index contributed by atoms with van der Waals surface area (Å²) < 4.78 is 1.48. The highest BCUT2D eigenvalue weighted by molar-refractivity contribution is 7.17. The minimum absolute atomic E-state index is 0.535. The third-order valence-corrected chi connectivity index (χ3v) is 5.84. The molecule has 1 atom stereocenters. The van der Waals surface area contributed by atoms with Gasteiger partial charge in [-0.2, -0.15) is 0 Å². The largest absolute Gasteiger partial charge is 0.310 e. The quantitative estimate of drug-likeness (QED) is 0.670. The van der Waals surface area contributed by atoms with Gasteiger partial charge >= 0.3 is 0 Å². The van der Waals surface area contributed by atoms with Crippen LogP contribution in [0.25, 0.3) is 10.1 Å². The SMILES string of the molecule is CCCNC(CCC1CCCC1)c1cccc2ccsc12. The number of fused-ring (bicyclic) bond motifs is 1. The Bertz CT molecular complexity index is 553. The van der Waals surface area contributed by atoms with Crippen LogP contribution in [0.1, 0.15) is 63.5 Å². The fourth-order valence-corrected chi connectivity index (χ4v) is 4.65. The summed E-state index contributed by atoms with van der Waals surface area (Å²) in [7, 11) is 0. The molecule has 0 saturated heterocycles. The highest BCUT2D eigenvalue weighted by atomic mass is 32.1. The van der Waals surface area contributed by atoms with Crippen LogP contribution in [0, 0.1) is 5.92 Å². The van der Waals surface area contributed by atoms with Gasteiger partial charge in [0.2, 0.25) is 0 Å². The molecule has 1 heterocycles. The van der Waals surface area contributed by atoms with Gasteiger partial charge in [0, 0.05) is 10.7 Å². The summed E-state index contributed by atoms with van der Waals surface area (Å²) in [6.07, 6.45) is 9.73. The van der Waals surface area contributed by atoms with E-state index < -0.39 is 0 Å². The van der Waals surface area contributed by atoms with E-state index >= 15 is 0 Å². The topological polar surface area (TPSA) is 12.0 Å². The van der Waals surface area contributed by atoms with Crippen LogP contribution in [0.15, 0.2) is 29.6 Å². The van der Waals surface area contributed by atoms with Crippen molar-refractivity contribution < 1.29 is 0 Å². The summed E-state index contributed by atoms with van der Waals surface area (Å²) in [4.78, 5) is 0. The number of hydrogen-bond donors (Lipinski definition) is 1. The fourth-order valence-electron chi connectivity index (χ4n) is 3.68. The van der Waals surface area contributed by atoms with Crippen LogP contribution in [0.2, 0.25) is 0 Å². The van der Waals surface area contributed by atoms with Gasteiger partial charge in [0.1, 0.15) is 0 Å². The standard InChI is InChI=1S/C19H27NS/c1-2-13-20-18(11-10-15-6-3-4-7-15)17-9-5-8-16-12-14-21-19(16)17/h5,8-9,12,14-15,18,20H,2-4,6-7,10-11,13H2,1H3. The number of benzene rings is 1. The molecule has 1 aromatic heterocycles. The molecule has 0 amide bonds. The monoisotopic (exact) mass is 301 g/mol. The third-order valence-electron chi connectivity index (χ3n) is 4.86. The van der Waals surface area contributed by atoms with Gasteiger partial charge in [-0.1, -0.05) is 50.8 Å². The molecule has 1 unspecified atom stereocenters. The lowest BCUT2D eigenvalue weighted by Gasteiger charge is -2.21. The molecule has 2 aromatic rings. The van der Waals surface area contributed by atoms with E-state index in [1.54, 1.807) is 0 Å². The molecule has 1 N–H and O–H groups in total. The lowest BCUT2D eigenvalue weighted by Crippen LogP contribution is -2.22. The van der Waals surface area contributed by atoms with E-state index in [4.69, 9.17) is 0 Å². The molecule has 1 aromatic carbocycles. The van der Waals surface area contributed by atoms with Crippen molar-refractivity contribution in [3.05, 3.63) is 35.2 Å². The van der Waals surface area contributed by atoms with Gasteiger partial charge in [-0.05, 0) is 54.1 Å². The molecule has 1 saturated carbocycles. The van der Waals surface area contributed by atoms with Crippen LogP contribution in [0.5, 0.6) is 0 Å². The van der Waals surface area contributed by atoms with E-state index in [9.17, 15) is 0 Å². The minimum Gasteiger partial charge on any atom is -0.310 e. The fraction of sp³-hybridized carbons (Fsp3) is 0.579. The van der Waals surface area contributed by atoms with Crippen molar-refractivity contribution in [3.63, 3.8) is 0 Å². The van der Waals surface area contributed by atoms with E-state index in [-0.39, 0.29) is 0 Å². The van der Waals surface area contributed by atoms with E-state index in [0.29, 0.717) is 6.04 Å². The van der Waals surface area contributed by atoms with Crippen LogP contribution in [0.3, 0.4) is 0 Å². The summed E-state index contributed by atoms with van der Waals surface area (Å²) in [5, 5.41) is 7.43. The van der Waals surface area contributed by atoms with Crippen molar-refractivity contribution in [2.75, 3.05) is 6.54 Å². The zero-order chi connectivity index (χ0) is 14.5. The Kier molecular flexibility index (Phi) is 5.32. The van der Waals surface area contributed by atoms with Gasteiger partial charge in [-0.15, -0.1) is 11.3 Å². The van der Waals surface area contributed by atoms with Gasteiger partial charge in [0.15, 0.2) is 0 Å². The molecule has 1 fully saturated rings. The Balaban J connectivity index is 1.75. The van der Waals surface area contributed by atoms with E-state index in [1.807, 2.05) is 11.3 Å². The minimum atomic E-state index is 0.535. The lowest BCUT2D eigenvalue weighted by atomic mass is 9.94. The molecular weight excluding hydrogens is 274 g/mol. The van der Waals surface area contributed by atoms with Crippen LogP contribution < -0.4 is 5.32 Å². The van der Waals surface area contributed by atoms with Crippen LogP contribution >= 0.6 is 11.3 Å². The second-order valence-corrected chi connectivity index (χ2v) is 7.34. The number of thiophene rings is 1. The molecule has 1 nitrogen and oxygen atoms in total. The predicted molar refractivity (Wildman–Crippen MR) is 94.1 cm³/mol. The Morgan fingerprint density at radius 2 is 2.10 bits per heavy atom. The van der Waals surface area contributed by atoms with Crippen molar-refractivity contribution in [1.29, 1.82) is 0 Å². The molecule has 0 radical (unpaired) electrons. The second kappa shape index (κ2) is 7.42. The maximum atomic E-state index is 3.80. The first-order chi connectivity index (χ1) is 10.4. The normalized spacial score (nSPS) is 17.6. The van der Waals surface area contributed by atoms with Crippen LogP contribution in [-0.4, -0.2) is 6.54 Å². The summed E-state index contributed by atoms with van der Waals surface area (Å²) in [5.74, 6) is 0.985. The Morgan fingerprint density at radius 1 is 1.24 bits per heavy atom. The van der Waals surface area contributed by atoms with Gasteiger partial charge in [0.25, 0.3) is 0 Å². The first kappa shape index (κ1) is 15.1. The van der Waals surface area contributed by atoms with Crippen molar-refractivity contribution in [3.8, 4) is 0 Å². The average Bonchev–Trinajstić information content (AvgIpc) is 3.18. The zero-order valence-electron chi connectivity index (χ0n) is 13.1. The Labute approximate surface area is 132 Å². The summed E-state index contributed by atoms with van der Waals surface area (Å²) in [6.45, 7) is 3.38. The molecule has 21 heavy (non-hydrogen) atoms. The average molecular weight is 301 g/mol. The molecule has 2 heteroatoms. The lowest BCUT2D eigenvalue weighted by molar-refractivity contribution is 0.413. The van der Waals surface area contributed by atoms with Gasteiger partial charge in [-0.25, -0.2) is 0 Å². The van der Waals surface area contributed by atoms with Crippen molar-refractivity contribution in [1.82, 2.24) is 5.32 Å². The molecule has 0 bridgehead atoms. The van der Waals surface area contributed by atoms with Gasteiger partial charge in [0.05, 0.1) is 0 Å².